The van der Waals surface area contributed by atoms with Gasteiger partial charge in [-0.25, -0.2) is 18.8 Å². The highest BCUT2D eigenvalue weighted by Crippen LogP contribution is 2.17. The Morgan fingerprint density at radius 3 is 2.78 bits per heavy atom. The highest BCUT2D eigenvalue weighted by Gasteiger charge is 2.13. The maximum absolute atomic E-state index is 13.8. The van der Waals surface area contributed by atoms with Crippen LogP contribution < -0.4 is 10.6 Å². The lowest BCUT2D eigenvalue weighted by Crippen LogP contribution is -2.39. The number of guanidine groups is 1. The number of nitrogens with one attached hydrogen (secondary N) is 2. The molecule has 0 aliphatic heterocycles. The SMILES string of the molecule is CCNC(=NCc1ncnn1C)NC(C)c1ccc(F)cc1F. The third-order valence-electron chi connectivity index (χ3n) is 3.31. The number of hydrogen-bond donors (Lipinski definition) is 2. The van der Waals surface area contributed by atoms with Crippen LogP contribution in [-0.2, 0) is 13.6 Å². The summed E-state index contributed by atoms with van der Waals surface area (Å²) in [6.45, 7) is 4.71. The zero-order valence-corrected chi connectivity index (χ0v) is 13.3. The first-order valence-electron chi connectivity index (χ1n) is 7.34. The van der Waals surface area contributed by atoms with Crippen molar-refractivity contribution in [3.8, 4) is 0 Å². The molecule has 0 amide bonds. The van der Waals surface area contributed by atoms with Crippen LogP contribution in [-0.4, -0.2) is 27.3 Å². The molecule has 1 aromatic heterocycles. The van der Waals surface area contributed by atoms with Gasteiger partial charge in [0.05, 0.1) is 6.04 Å². The van der Waals surface area contributed by atoms with E-state index >= 15 is 0 Å². The molecule has 23 heavy (non-hydrogen) atoms. The van der Waals surface area contributed by atoms with Crippen molar-refractivity contribution in [1.29, 1.82) is 0 Å². The van der Waals surface area contributed by atoms with Gasteiger partial charge in [-0.05, 0) is 19.9 Å². The Bertz CT molecular complexity index is 682. The number of hydrogen-bond acceptors (Lipinski definition) is 3. The van der Waals surface area contributed by atoms with E-state index in [1.165, 1.54) is 18.5 Å². The van der Waals surface area contributed by atoms with Gasteiger partial charge in [0.2, 0.25) is 0 Å². The molecule has 124 valence electrons. The van der Waals surface area contributed by atoms with E-state index in [2.05, 4.69) is 25.7 Å². The van der Waals surface area contributed by atoms with E-state index < -0.39 is 11.6 Å². The van der Waals surface area contributed by atoms with Crippen molar-refractivity contribution in [2.45, 2.75) is 26.4 Å². The van der Waals surface area contributed by atoms with E-state index in [0.717, 1.165) is 6.07 Å². The number of benzene rings is 1. The molecule has 1 aromatic carbocycles. The second-order valence-electron chi connectivity index (χ2n) is 5.03. The molecule has 2 aromatic rings. The van der Waals surface area contributed by atoms with Crippen LogP contribution in [0.4, 0.5) is 8.78 Å². The summed E-state index contributed by atoms with van der Waals surface area (Å²) in [5.41, 5.74) is 0.371. The van der Waals surface area contributed by atoms with Crippen LogP contribution in [0.15, 0.2) is 29.5 Å². The number of aromatic nitrogens is 3. The standard InChI is InChI=1S/C15H20F2N6/c1-4-18-15(19-8-14-20-9-21-23(14)3)22-10(2)12-6-5-11(16)7-13(12)17/h5-7,9-10H,4,8H2,1-3H3,(H2,18,19,22). The third-order valence-corrected chi connectivity index (χ3v) is 3.31. The zero-order chi connectivity index (χ0) is 16.8. The van der Waals surface area contributed by atoms with Gasteiger partial charge in [0.1, 0.15) is 30.3 Å². The molecule has 1 atom stereocenters. The number of halogens is 2. The lowest BCUT2D eigenvalue weighted by atomic mass is 10.1. The topological polar surface area (TPSA) is 67.1 Å². The van der Waals surface area contributed by atoms with Gasteiger partial charge >= 0.3 is 0 Å². The predicted molar refractivity (Wildman–Crippen MR) is 83.7 cm³/mol. The molecule has 0 saturated carbocycles. The molecule has 0 bridgehead atoms. The van der Waals surface area contributed by atoms with Gasteiger partial charge in [0.25, 0.3) is 0 Å². The minimum atomic E-state index is -0.596. The second-order valence-corrected chi connectivity index (χ2v) is 5.03. The molecule has 6 nitrogen and oxygen atoms in total. The Hall–Kier alpha value is -2.51. The van der Waals surface area contributed by atoms with Gasteiger partial charge in [0.15, 0.2) is 5.96 Å². The molecule has 1 heterocycles. The first kappa shape index (κ1) is 16.9. The van der Waals surface area contributed by atoms with Gasteiger partial charge in [-0.2, -0.15) is 5.10 Å². The van der Waals surface area contributed by atoms with Crippen LogP contribution in [0.5, 0.6) is 0 Å². The van der Waals surface area contributed by atoms with Crippen molar-refractivity contribution in [2.24, 2.45) is 12.0 Å². The summed E-state index contributed by atoms with van der Waals surface area (Å²) >= 11 is 0. The maximum atomic E-state index is 13.8. The number of aryl methyl sites for hydroxylation is 1. The van der Waals surface area contributed by atoms with Crippen molar-refractivity contribution < 1.29 is 8.78 Å². The molecule has 0 aliphatic carbocycles. The second kappa shape index (κ2) is 7.66. The monoisotopic (exact) mass is 322 g/mol. The molecule has 0 saturated heterocycles. The van der Waals surface area contributed by atoms with Crippen LogP contribution in [0.25, 0.3) is 0 Å². The van der Waals surface area contributed by atoms with Crippen LogP contribution in [0.1, 0.15) is 31.3 Å². The molecule has 0 radical (unpaired) electrons. The lowest BCUT2D eigenvalue weighted by Gasteiger charge is -2.18. The highest BCUT2D eigenvalue weighted by atomic mass is 19.1. The van der Waals surface area contributed by atoms with E-state index in [9.17, 15) is 8.78 Å². The van der Waals surface area contributed by atoms with Crippen molar-refractivity contribution in [2.75, 3.05) is 6.54 Å². The molecule has 1 unspecified atom stereocenters. The average molecular weight is 322 g/mol. The predicted octanol–water partition coefficient (Wildman–Crippen LogP) is 1.91. The first-order chi connectivity index (χ1) is 11.0. The summed E-state index contributed by atoms with van der Waals surface area (Å²) in [6.07, 6.45) is 1.46. The fraction of sp³-hybridized carbons (Fsp3) is 0.400. The largest absolute Gasteiger partial charge is 0.357 e. The summed E-state index contributed by atoms with van der Waals surface area (Å²) in [4.78, 5) is 8.50. The minimum absolute atomic E-state index is 0.338. The number of rotatable bonds is 5. The fourth-order valence-electron chi connectivity index (χ4n) is 2.07. The minimum Gasteiger partial charge on any atom is -0.357 e. The Morgan fingerprint density at radius 2 is 2.17 bits per heavy atom. The summed E-state index contributed by atoms with van der Waals surface area (Å²) in [5, 5.41) is 10.2. The molecule has 0 fully saturated rings. The molecule has 2 N–H and O–H groups in total. The fourth-order valence-corrected chi connectivity index (χ4v) is 2.07. The van der Waals surface area contributed by atoms with Crippen LogP contribution in [0.3, 0.4) is 0 Å². The molecule has 8 heteroatoms. The van der Waals surface area contributed by atoms with Gasteiger partial charge in [0, 0.05) is 25.2 Å². The van der Waals surface area contributed by atoms with E-state index in [4.69, 9.17) is 0 Å². The molecule has 0 spiro atoms. The first-order valence-corrected chi connectivity index (χ1v) is 7.34. The van der Waals surface area contributed by atoms with E-state index in [0.29, 0.717) is 30.4 Å². The van der Waals surface area contributed by atoms with Crippen molar-refractivity contribution >= 4 is 5.96 Å². The van der Waals surface area contributed by atoms with Crippen molar-refractivity contribution in [3.63, 3.8) is 0 Å². The van der Waals surface area contributed by atoms with Gasteiger partial charge < -0.3 is 10.6 Å². The molecular weight excluding hydrogens is 302 g/mol. The van der Waals surface area contributed by atoms with Gasteiger partial charge in [-0.3, -0.25) is 4.68 Å². The summed E-state index contributed by atoms with van der Waals surface area (Å²) in [6, 6.07) is 3.17. The zero-order valence-electron chi connectivity index (χ0n) is 13.3. The van der Waals surface area contributed by atoms with E-state index in [-0.39, 0.29) is 6.04 Å². The number of aliphatic imine (C=N–C) groups is 1. The summed E-state index contributed by atoms with van der Waals surface area (Å²) in [7, 11) is 1.79. The Morgan fingerprint density at radius 1 is 1.39 bits per heavy atom. The van der Waals surface area contributed by atoms with E-state index in [1.54, 1.807) is 18.7 Å². The normalized spacial score (nSPS) is 13.0. The quantitative estimate of drug-likeness (QED) is 0.652. The lowest BCUT2D eigenvalue weighted by molar-refractivity contribution is 0.550. The van der Waals surface area contributed by atoms with Crippen molar-refractivity contribution in [1.82, 2.24) is 25.4 Å². The number of nitrogens with zero attached hydrogens (tertiary/aromatic N) is 4. The Balaban J connectivity index is 2.10. The molecule has 0 aliphatic rings. The smallest absolute Gasteiger partial charge is 0.192 e. The average Bonchev–Trinajstić information content (AvgIpc) is 2.90. The Labute approximate surface area is 133 Å². The van der Waals surface area contributed by atoms with Crippen LogP contribution in [0.2, 0.25) is 0 Å². The third kappa shape index (κ3) is 4.48. The van der Waals surface area contributed by atoms with Gasteiger partial charge in [-0.15, -0.1) is 0 Å². The Kier molecular flexibility index (Phi) is 5.61. The molecule has 2 rings (SSSR count). The maximum Gasteiger partial charge on any atom is 0.192 e. The van der Waals surface area contributed by atoms with Gasteiger partial charge in [-0.1, -0.05) is 6.07 Å². The van der Waals surface area contributed by atoms with Crippen molar-refractivity contribution in [3.05, 3.63) is 47.5 Å². The van der Waals surface area contributed by atoms with Crippen LogP contribution in [0, 0.1) is 11.6 Å². The summed E-state index contributed by atoms with van der Waals surface area (Å²) in [5.74, 6) is 0.0463. The molecular formula is C15H20F2N6. The van der Waals surface area contributed by atoms with E-state index in [1.807, 2.05) is 6.92 Å². The highest BCUT2D eigenvalue weighted by molar-refractivity contribution is 5.80. The van der Waals surface area contributed by atoms with Crippen LogP contribution >= 0.6 is 0 Å². The summed E-state index contributed by atoms with van der Waals surface area (Å²) < 4.78 is 28.5.